The van der Waals surface area contributed by atoms with E-state index in [1.165, 1.54) is 0 Å². The van der Waals surface area contributed by atoms with E-state index in [1.54, 1.807) is 20.8 Å². The lowest BCUT2D eigenvalue weighted by Gasteiger charge is -2.19. The summed E-state index contributed by atoms with van der Waals surface area (Å²) in [4.78, 5) is 33.9. The second-order valence-corrected chi connectivity index (χ2v) is 5.03. The smallest absolute Gasteiger partial charge is 0.408 e. The number of nitrogens with one attached hydrogen (secondary N) is 2. The maximum absolute atomic E-state index is 11.4. The predicted molar refractivity (Wildman–Crippen MR) is 70.5 cm³/mol. The number of carbonyl (C=O) groups excluding carboxylic acids is 3. The van der Waals surface area contributed by atoms with Gasteiger partial charge < -0.3 is 21.1 Å². The zero-order chi connectivity index (χ0) is 14.9. The van der Waals surface area contributed by atoms with Crippen molar-refractivity contribution in [2.24, 2.45) is 5.73 Å². The number of rotatable bonds is 7. The number of nitrogens with two attached hydrogens (primary N) is 1. The lowest BCUT2D eigenvalue weighted by Crippen LogP contribution is -2.36. The van der Waals surface area contributed by atoms with Gasteiger partial charge in [-0.25, -0.2) is 4.79 Å². The molecule has 0 aromatic rings. The molecule has 2 amide bonds. The van der Waals surface area contributed by atoms with Gasteiger partial charge in [0.15, 0.2) is 5.78 Å². The molecular formula is C12H23N3O4. The first-order chi connectivity index (χ1) is 8.74. The van der Waals surface area contributed by atoms with Crippen molar-refractivity contribution in [3.8, 4) is 0 Å². The fourth-order valence-electron chi connectivity index (χ4n) is 1.13. The van der Waals surface area contributed by atoms with Crippen molar-refractivity contribution < 1.29 is 19.1 Å². The maximum Gasteiger partial charge on any atom is 0.408 e. The van der Waals surface area contributed by atoms with Crippen molar-refractivity contribution in [3.05, 3.63) is 0 Å². The summed E-state index contributed by atoms with van der Waals surface area (Å²) in [5, 5.41) is 4.90. The summed E-state index contributed by atoms with van der Waals surface area (Å²) in [5.41, 5.74) is 4.62. The third-order valence-electron chi connectivity index (χ3n) is 1.93. The molecule has 0 spiro atoms. The summed E-state index contributed by atoms with van der Waals surface area (Å²) < 4.78 is 4.97. The summed E-state index contributed by atoms with van der Waals surface area (Å²) in [6.45, 7) is 5.81. The lowest BCUT2D eigenvalue weighted by molar-refractivity contribution is -0.125. The van der Waals surface area contributed by atoms with Gasteiger partial charge in [-0.15, -0.1) is 0 Å². The van der Waals surface area contributed by atoms with Gasteiger partial charge in [-0.1, -0.05) is 0 Å². The molecule has 0 saturated heterocycles. The van der Waals surface area contributed by atoms with Crippen LogP contribution in [0.15, 0.2) is 0 Å². The fourth-order valence-corrected chi connectivity index (χ4v) is 1.13. The first kappa shape index (κ1) is 17.4. The molecular weight excluding hydrogens is 250 g/mol. The molecule has 0 aromatic carbocycles. The summed E-state index contributed by atoms with van der Waals surface area (Å²) in [6.07, 6.45) is -0.477. The molecule has 0 aromatic heterocycles. The summed E-state index contributed by atoms with van der Waals surface area (Å²) >= 11 is 0. The highest BCUT2D eigenvalue weighted by atomic mass is 16.6. The van der Waals surface area contributed by atoms with Crippen LogP contribution in [0.2, 0.25) is 0 Å². The highest BCUT2D eigenvalue weighted by Crippen LogP contribution is 2.06. The zero-order valence-electron chi connectivity index (χ0n) is 11.7. The van der Waals surface area contributed by atoms with Gasteiger partial charge in [-0.05, 0) is 20.8 Å². The van der Waals surface area contributed by atoms with Crippen LogP contribution in [-0.4, -0.2) is 43.0 Å². The van der Waals surface area contributed by atoms with Gasteiger partial charge in [0.2, 0.25) is 5.91 Å². The maximum atomic E-state index is 11.4. The van der Waals surface area contributed by atoms with Crippen molar-refractivity contribution in [1.29, 1.82) is 0 Å². The van der Waals surface area contributed by atoms with Crippen LogP contribution in [-0.2, 0) is 14.3 Å². The van der Waals surface area contributed by atoms with Gasteiger partial charge in [0.25, 0.3) is 0 Å². The Morgan fingerprint density at radius 1 is 1.11 bits per heavy atom. The monoisotopic (exact) mass is 273 g/mol. The van der Waals surface area contributed by atoms with Crippen LogP contribution >= 0.6 is 0 Å². The van der Waals surface area contributed by atoms with Crippen molar-refractivity contribution >= 4 is 17.8 Å². The fraction of sp³-hybridized carbons (Fsp3) is 0.750. The second kappa shape index (κ2) is 8.47. The topological polar surface area (TPSA) is 111 Å². The highest BCUT2D eigenvalue weighted by molar-refractivity contribution is 5.87. The molecule has 0 heterocycles. The summed E-state index contributed by atoms with van der Waals surface area (Å²) in [6, 6.07) is 0. The molecule has 0 atom stereocenters. The van der Waals surface area contributed by atoms with E-state index >= 15 is 0 Å². The number of hydrogen-bond acceptors (Lipinski definition) is 5. The minimum Gasteiger partial charge on any atom is -0.444 e. The largest absolute Gasteiger partial charge is 0.444 e. The van der Waals surface area contributed by atoms with E-state index in [0.29, 0.717) is 13.1 Å². The minimum atomic E-state index is -0.645. The molecule has 0 aliphatic rings. The van der Waals surface area contributed by atoms with E-state index in [-0.39, 0.29) is 31.1 Å². The molecule has 0 unspecified atom stereocenters. The average Bonchev–Trinajstić information content (AvgIpc) is 2.29. The van der Waals surface area contributed by atoms with E-state index in [4.69, 9.17) is 10.5 Å². The Kier molecular flexibility index (Phi) is 7.74. The third-order valence-corrected chi connectivity index (χ3v) is 1.93. The van der Waals surface area contributed by atoms with Gasteiger partial charge >= 0.3 is 6.09 Å². The Labute approximate surface area is 113 Å². The standard InChI is InChI=1S/C12H23N3O4/c1-12(2,3)19-11(18)15-8-9(16)4-5-10(17)14-7-6-13/h4-8,13H2,1-3H3,(H,14,17)(H,15,18). The summed E-state index contributed by atoms with van der Waals surface area (Å²) in [7, 11) is 0. The molecule has 7 heteroatoms. The Morgan fingerprint density at radius 2 is 1.74 bits per heavy atom. The molecule has 0 saturated carbocycles. The highest BCUT2D eigenvalue weighted by Gasteiger charge is 2.16. The number of hydrogen-bond donors (Lipinski definition) is 3. The first-order valence-electron chi connectivity index (χ1n) is 6.20. The molecule has 19 heavy (non-hydrogen) atoms. The molecule has 0 aliphatic heterocycles. The van der Waals surface area contributed by atoms with Gasteiger partial charge in [0, 0.05) is 25.9 Å². The quantitative estimate of drug-likeness (QED) is 0.601. The number of Topliss-reactive ketones (excluding diaryl/α,β-unsaturated/α-hetero) is 1. The van der Waals surface area contributed by atoms with E-state index < -0.39 is 11.7 Å². The van der Waals surface area contributed by atoms with Gasteiger partial charge in [-0.2, -0.15) is 0 Å². The van der Waals surface area contributed by atoms with Crippen LogP contribution in [0.25, 0.3) is 0 Å². The lowest BCUT2D eigenvalue weighted by atomic mass is 10.2. The van der Waals surface area contributed by atoms with Crippen molar-refractivity contribution in [2.45, 2.75) is 39.2 Å². The number of ketones is 1. The van der Waals surface area contributed by atoms with Crippen LogP contribution in [0.4, 0.5) is 4.79 Å². The van der Waals surface area contributed by atoms with Gasteiger partial charge in [0.05, 0.1) is 6.54 Å². The molecule has 4 N–H and O–H groups in total. The van der Waals surface area contributed by atoms with Crippen LogP contribution in [0.5, 0.6) is 0 Å². The molecule has 0 bridgehead atoms. The van der Waals surface area contributed by atoms with Crippen molar-refractivity contribution in [2.75, 3.05) is 19.6 Å². The Balaban J connectivity index is 3.76. The Morgan fingerprint density at radius 3 is 2.26 bits per heavy atom. The van der Waals surface area contributed by atoms with E-state index in [2.05, 4.69) is 10.6 Å². The SMILES string of the molecule is CC(C)(C)OC(=O)NCC(=O)CCC(=O)NCCN. The van der Waals surface area contributed by atoms with E-state index in [1.807, 2.05) is 0 Å². The number of carbonyl (C=O) groups is 3. The zero-order valence-corrected chi connectivity index (χ0v) is 11.7. The number of alkyl carbamates (subject to hydrolysis) is 1. The number of amides is 2. The van der Waals surface area contributed by atoms with Gasteiger partial charge in [-0.3, -0.25) is 9.59 Å². The second-order valence-electron chi connectivity index (χ2n) is 5.03. The van der Waals surface area contributed by atoms with Crippen LogP contribution in [0, 0.1) is 0 Å². The van der Waals surface area contributed by atoms with Gasteiger partial charge in [0.1, 0.15) is 5.60 Å². The first-order valence-corrected chi connectivity index (χ1v) is 6.20. The molecule has 0 radical (unpaired) electrons. The molecule has 7 nitrogen and oxygen atoms in total. The van der Waals surface area contributed by atoms with E-state index in [9.17, 15) is 14.4 Å². The van der Waals surface area contributed by atoms with Crippen molar-refractivity contribution in [1.82, 2.24) is 10.6 Å². The summed E-state index contributed by atoms with van der Waals surface area (Å²) in [5.74, 6) is -0.454. The average molecular weight is 273 g/mol. The Bertz CT molecular complexity index is 323. The third kappa shape index (κ3) is 11.2. The normalized spacial score (nSPS) is 10.7. The molecule has 0 aliphatic carbocycles. The molecule has 0 rings (SSSR count). The van der Waals surface area contributed by atoms with Crippen LogP contribution in [0.3, 0.4) is 0 Å². The van der Waals surface area contributed by atoms with E-state index in [0.717, 1.165) is 0 Å². The minimum absolute atomic E-state index is 0.0756. The number of ether oxygens (including phenoxy) is 1. The molecule has 110 valence electrons. The predicted octanol–water partition coefficient (Wildman–Crippen LogP) is -0.0647. The van der Waals surface area contributed by atoms with Crippen LogP contribution in [0.1, 0.15) is 33.6 Å². The van der Waals surface area contributed by atoms with Crippen molar-refractivity contribution in [3.63, 3.8) is 0 Å². The Hall–Kier alpha value is -1.63. The van der Waals surface area contributed by atoms with Crippen LogP contribution < -0.4 is 16.4 Å². The molecule has 0 fully saturated rings.